The highest BCUT2D eigenvalue weighted by Gasteiger charge is 2.17. The van der Waals surface area contributed by atoms with Gasteiger partial charge in [-0.25, -0.2) is 4.98 Å². The summed E-state index contributed by atoms with van der Waals surface area (Å²) in [6.07, 6.45) is 0. The van der Waals surface area contributed by atoms with Crippen LogP contribution >= 0.6 is 0 Å². The van der Waals surface area contributed by atoms with Crippen LogP contribution in [0.25, 0.3) is 10.8 Å². The van der Waals surface area contributed by atoms with E-state index in [4.69, 9.17) is 5.11 Å². The molecule has 0 atom stereocenters. The summed E-state index contributed by atoms with van der Waals surface area (Å²) in [5.74, 6) is 0.523. The van der Waals surface area contributed by atoms with Crippen LogP contribution in [0.5, 0.6) is 0 Å². The lowest BCUT2D eigenvalue weighted by Crippen LogP contribution is -2.34. The van der Waals surface area contributed by atoms with Gasteiger partial charge in [0.2, 0.25) is 0 Å². The first-order valence-electron chi connectivity index (χ1n) is 6.69. The number of likely N-dealkylation sites (N-methyl/N-ethyl adjacent to an activating group) is 1. The van der Waals surface area contributed by atoms with Crippen molar-refractivity contribution >= 4 is 22.5 Å². The van der Waals surface area contributed by atoms with Crippen molar-refractivity contribution in [2.45, 2.75) is 6.92 Å². The minimum atomic E-state index is -0.163. The molecule has 5 nitrogen and oxygen atoms in total. The molecular formula is C15H19N3O2. The molecule has 2 N–H and O–H groups in total. The number of aliphatic hydroxyl groups is 1. The quantitative estimate of drug-likeness (QED) is 0.870. The van der Waals surface area contributed by atoms with E-state index in [0.29, 0.717) is 24.6 Å². The van der Waals surface area contributed by atoms with E-state index in [1.807, 2.05) is 31.2 Å². The van der Waals surface area contributed by atoms with Crippen LogP contribution in [0.15, 0.2) is 30.3 Å². The van der Waals surface area contributed by atoms with E-state index in [0.717, 1.165) is 10.8 Å². The summed E-state index contributed by atoms with van der Waals surface area (Å²) in [5.41, 5.74) is 0.392. The van der Waals surface area contributed by atoms with Crippen molar-refractivity contribution in [3.05, 3.63) is 36.0 Å². The number of pyridine rings is 1. The van der Waals surface area contributed by atoms with E-state index in [-0.39, 0.29) is 12.5 Å². The second-order valence-electron chi connectivity index (χ2n) is 4.44. The number of anilines is 1. The Bertz CT molecular complexity index is 613. The first-order chi connectivity index (χ1) is 9.71. The Morgan fingerprint density at radius 2 is 2.15 bits per heavy atom. The molecule has 0 fully saturated rings. The van der Waals surface area contributed by atoms with Gasteiger partial charge in [0.05, 0.1) is 6.61 Å². The Morgan fingerprint density at radius 1 is 1.40 bits per heavy atom. The summed E-state index contributed by atoms with van der Waals surface area (Å²) in [7, 11) is 1.79. The molecule has 106 valence electrons. The fourth-order valence-electron chi connectivity index (χ4n) is 2.18. The molecule has 0 radical (unpaired) electrons. The molecule has 0 unspecified atom stereocenters. The van der Waals surface area contributed by atoms with Crippen molar-refractivity contribution in [3.63, 3.8) is 0 Å². The fourth-order valence-corrected chi connectivity index (χ4v) is 2.18. The van der Waals surface area contributed by atoms with E-state index in [2.05, 4.69) is 10.3 Å². The Labute approximate surface area is 118 Å². The number of carbonyl (C=O) groups excluding carboxylic acids is 1. The standard InChI is InChI=1S/C15H19N3O2/c1-3-18(8-9-19)15(20)13-10-11-6-4-5-7-12(11)14(16-2)17-13/h4-7,10,19H,3,8-9H2,1-2H3,(H,16,17). The lowest BCUT2D eigenvalue weighted by atomic mass is 10.1. The van der Waals surface area contributed by atoms with E-state index in [1.165, 1.54) is 0 Å². The number of amides is 1. The molecule has 0 bridgehead atoms. The Kier molecular flexibility index (Phi) is 4.53. The first kappa shape index (κ1) is 14.3. The molecule has 0 aliphatic heterocycles. The van der Waals surface area contributed by atoms with Crippen molar-refractivity contribution in [3.8, 4) is 0 Å². The summed E-state index contributed by atoms with van der Waals surface area (Å²) < 4.78 is 0. The fraction of sp³-hybridized carbons (Fsp3) is 0.333. The zero-order chi connectivity index (χ0) is 14.5. The summed E-state index contributed by atoms with van der Waals surface area (Å²) >= 11 is 0. The molecule has 1 aromatic heterocycles. The lowest BCUT2D eigenvalue weighted by Gasteiger charge is -2.19. The van der Waals surface area contributed by atoms with Gasteiger partial charge in [-0.05, 0) is 18.4 Å². The number of benzene rings is 1. The van der Waals surface area contributed by atoms with Crippen LogP contribution in [-0.2, 0) is 0 Å². The number of hydrogen-bond acceptors (Lipinski definition) is 4. The maximum Gasteiger partial charge on any atom is 0.272 e. The maximum atomic E-state index is 12.4. The van der Waals surface area contributed by atoms with Crippen LogP contribution in [0.3, 0.4) is 0 Å². The number of rotatable bonds is 5. The SMILES string of the molecule is CCN(CCO)C(=O)c1cc2ccccc2c(NC)n1. The van der Waals surface area contributed by atoms with Crippen molar-refractivity contribution in [2.75, 3.05) is 32.1 Å². The predicted octanol–water partition coefficient (Wildman–Crippen LogP) is 1.73. The normalized spacial score (nSPS) is 10.6. The number of aromatic nitrogens is 1. The third-order valence-corrected chi connectivity index (χ3v) is 3.24. The topological polar surface area (TPSA) is 65.5 Å². The summed E-state index contributed by atoms with van der Waals surface area (Å²) in [6, 6.07) is 9.58. The molecule has 20 heavy (non-hydrogen) atoms. The average Bonchev–Trinajstić information content (AvgIpc) is 2.50. The molecule has 0 aliphatic rings. The number of fused-ring (bicyclic) bond motifs is 1. The van der Waals surface area contributed by atoms with Crippen LogP contribution in [-0.4, -0.2) is 47.6 Å². The lowest BCUT2D eigenvalue weighted by molar-refractivity contribution is 0.0726. The Morgan fingerprint density at radius 3 is 2.80 bits per heavy atom. The van der Waals surface area contributed by atoms with Gasteiger partial charge in [-0.15, -0.1) is 0 Å². The Hall–Kier alpha value is -2.14. The van der Waals surface area contributed by atoms with Crippen molar-refractivity contribution in [1.82, 2.24) is 9.88 Å². The molecule has 1 amide bonds. The maximum absolute atomic E-state index is 12.4. The van der Waals surface area contributed by atoms with Gasteiger partial charge in [0, 0.05) is 25.5 Å². The molecule has 0 saturated carbocycles. The summed E-state index contributed by atoms with van der Waals surface area (Å²) in [6.45, 7) is 2.70. The molecule has 2 rings (SSSR count). The average molecular weight is 273 g/mol. The summed E-state index contributed by atoms with van der Waals surface area (Å²) in [5, 5.41) is 14.0. The van der Waals surface area contributed by atoms with Crippen LogP contribution in [0.4, 0.5) is 5.82 Å². The molecule has 2 aromatic rings. The number of carbonyl (C=O) groups is 1. The third kappa shape index (κ3) is 2.72. The molecule has 0 aliphatic carbocycles. The van der Waals surface area contributed by atoms with E-state index in [1.54, 1.807) is 18.0 Å². The number of nitrogens with one attached hydrogen (secondary N) is 1. The minimum Gasteiger partial charge on any atom is -0.395 e. The largest absolute Gasteiger partial charge is 0.395 e. The Balaban J connectivity index is 2.46. The molecule has 0 saturated heterocycles. The van der Waals surface area contributed by atoms with Gasteiger partial charge in [-0.2, -0.15) is 0 Å². The predicted molar refractivity (Wildman–Crippen MR) is 80.0 cm³/mol. The van der Waals surface area contributed by atoms with Gasteiger partial charge in [-0.1, -0.05) is 24.3 Å². The van der Waals surface area contributed by atoms with Crippen LogP contribution in [0, 0.1) is 0 Å². The van der Waals surface area contributed by atoms with Crippen molar-refractivity contribution in [1.29, 1.82) is 0 Å². The second-order valence-corrected chi connectivity index (χ2v) is 4.44. The highest BCUT2D eigenvalue weighted by molar-refractivity contribution is 6.00. The first-order valence-corrected chi connectivity index (χ1v) is 6.69. The van der Waals surface area contributed by atoms with Gasteiger partial charge >= 0.3 is 0 Å². The van der Waals surface area contributed by atoms with Gasteiger partial charge < -0.3 is 15.3 Å². The zero-order valence-electron chi connectivity index (χ0n) is 11.8. The molecule has 0 spiro atoms. The van der Waals surface area contributed by atoms with Crippen molar-refractivity contribution in [2.24, 2.45) is 0 Å². The third-order valence-electron chi connectivity index (χ3n) is 3.24. The minimum absolute atomic E-state index is 0.0496. The number of hydrogen-bond donors (Lipinski definition) is 2. The monoisotopic (exact) mass is 273 g/mol. The van der Waals surface area contributed by atoms with Crippen LogP contribution < -0.4 is 5.32 Å². The van der Waals surface area contributed by atoms with Crippen molar-refractivity contribution < 1.29 is 9.90 Å². The second kappa shape index (κ2) is 6.34. The van der Waals surface area contributed by atoms with E-state index < -0.39 is 0 Å². The highest BCUT2D eigenvalue weighted by atomic mass is 16.3. The van der Waals surface area contributed by atoms with Gasteiger partial charge in [0.15, 0.2) is 0 Å². The number of nitrogens with zero attached hydrogens (tertiary/aromatic N) is 2. The van der Waals surface area contributed by atoms with Crippen LogP contribution in [0.1, 0.15) is 17.4 Å². The smallest absolute Gasteiger partial charge is 0.272 e. The summed E-state index contributed by atoms with van der Waals surface area (Å²) in [4.78, 5) is 18.4. The highest BCUT2D eigenvalue weighted by Crippen LogP contribution is 2.22. The van der Waals surface area contributed by atoms with E-state index >= 15 is 0 Å². The van der Waals surface area contributed by atoms with Crippen LogP contribution in [0.2, 0.25) is 0 Å². The molecule has 1 heterocycles. The van der Waals surface area contributed by atoms with Gasteiger partial charge in [0.25, 0.3) is 5.91 Å². The molecule has 1 aromatic carbocycles. The molecular weight excluding hydrogens is 254 g/mol. The molecule has 5 heteroatoms. The zero-order valence-corrected chi connectivity index (χ0v) is 11.8. The van der Waals surface area contributed by atoms with Gasteiger partial charge in [0.1, 0.15) is 11.5 Å². The van der Waals surface area contributed by atoms with E-state index in [9.17, 15) is 4.79 Å². The van der Waals surface area contributed by atoms with Gasteiger partial charge in [-0.3, -0.25) is 4.79 Å². The number of aliphatic hydroxyl groups excluding tert-OH is 1.